The van der Waals surface area contributed by atoms with Crippen molar-refractivity contribution in [3.05, 3.63) is 62.3 Å². The quantitative estimate of drug-likeness (QED) is 0.780. The highest BCUT2D eigenvalue weighted by Crippen LogP contribution is 2.24. The van der Waals surface area contributed by atoms with Crippen LogP contribution in [0.5, 0.6) is 0 Å². The topological polar surface area (TPSA) is 29.1 Å². The Balaban J connectivity index is 2.28. The number of carbonyl (C=O) groups is 1. The summed E-state index contributed by atoms with van der Waals surface area (Å²) in [6.07, 6.45) is 0. The van der Waals surface area contributed by atoms with Gasteiger partial charge in [0.1, 0.15) is 5.82 Å². The van der Waals surface area contributed by atoms with Gasteiger partial charge in [0.15, 0.2) is 0 Å². The van der Waals surface area contributed by atoms with Gasteiger partial charge in [-0.1, -0.05) is 22.0 Å². The second-order valence-electron chi connectivity index (χ2n) is 4.04. The highest BCUT2D eigenvalue weighted by molar-refractivity contribution is 9.11. The number of rotatable bonds is 2. The molecule has 0 aliphatic rings. The Morgan fingerprint density at radius 1 is 1.16 bits per heavy atom. The average molecular weight is 387 g/mol. The number of halogens is 3. The van der Waals surface area contributed by atoms with E-state index in [1.54, 1.807) is 24.3 Å². The molecule has 0 bridgehead atoms. The zero-order chi connectivity index (χ0) is 14.0. The first-order valence-electron chi connectivity index (χ1n) is 5.50. The number of amides is 1. The molecule has 0 unspecified atom stereocenters. The van der Waals surface area contributed by atoms with E-state index in [0.29, 0.717) is 15.7 Å². The van der Waals surface area contributed by atoms with Crippen molar-refractivity contribution >= 4 is 43.5 Å². The van der Waals surface area contributed by atoms with Gasteiger partial charge >= 0.3 is 0 Å². The molecule has 0 fully saturated rings. The number of hydrogen-bond acceptors (Lipinski definition) is 1. The molecule has 0 aliphatic heterocycles. The molecule has 98 valence electrons. The smallest absolute Gasteiger partial charge is 0.256 e. The van der Waals surface area contributed by atoms with E-state index >= 15 is 0 Å². The lowest BCUT2D eigenvalue weighted by molar-refractivity contribution is 0.102. The molecule has 2 aromatic rings. The first-order valence-corrected chi connectivity index (χ1v) is 7.08. The van der Waals surface area contributed by atoms with Crippen molar-refractivity contribution < 1.29 is 9.18 Å². The summed E-state index contributed by atoms with van der Waals surface area (Å²) in [5.41, 5.74) is 1.77. The molecule has 0 aliphatic carbocycles. The van der Waals surface area contributed by atoms with Gasteiger partial charge in [-0.15, -0.1) is 0 Å². The van der Waals surface area contributed by atoms with E-state index in [4.69, 9.17) is 0 Å². The molecule has 5 heteroatoms. The van der Waals surface area contributed by atoms with E-state index in [0.717, 1.165) is 10.0 Å². The van der Waals surface area contributed by atoms with Gasteiger partial charge in [0.25, 0.3) is 5.91 Å². The van der Waals surface area contributed by atoms with Crippen LogP contribution in [0.25, 0.3) is 0 Å². The normalized spacial score (nSPS) is 10.3. The van der Waals surface area contributed by atoms with E-state index in [1.165, 1.54) is 12.1 Å². The SMILES string of the molecule is Cc1ccc(F)cc1NC(=O)c1ccc(Br)cc1Br. The van der Waals surface area contributed by atoms with E-state index in [9.17, 15) is 9.18 Å². The second-order valence-corrected chi connectivity index (χ2v) is 5.81. The number of hydrogen-bond donors (Lipinski definition) is 1. The number of benzene rings is 2. The van der Waals surface area contributed by atoms with Crippen LogP contribution < -0.4 is 5.32 Å². The molecule has 0 heterocycles. The van der Waals surface area contributed by atoms with Crippen LogP contribution in [0, 0.1) is 12.7 Å². The lowest BCUT2D eigenvalue weighted by atomic mass is 10.1. The molecular weight excluding hydrogens is 377 g/mol. The molecule has 0 saturated heterocycles. The fourth-order valence-electron chi connectivity index (χ4n) is 1.59. The Kier molecular flexibility index (Phi) is 4.37. The molecule has 0 atom stereocenters. The van der Waals surface area contributed by atoms with Crippen molar-refractivity contribution in [1.29, 1.82) is 0 Å². The molecule has 0 aromatic heterocycles. The summed E-state index contributed by atoms with van der Waals surface area (Å²) in [5, 5.41) is 2.70. The van der Waals surface area contributed by atoms with Gasteiger partial charge in [0.2, 0.25) is 0 Å². The molecule has 1 amide bonds. The predicted molar refractivity (Wildman–Crippen MR) is 80.9 cm³/mol. The van der Waals surface area contributed by atoms with Gasteiger partial charge in [-0.2, -0.15) is 0 Å². The summed E-state index contributed by atoms with van der Waals surface area (Å²) in [4.78, 5) is 12.1. The zero-order valence-electron chi connectivity index (χ0n) is 10.0. The van der Waals surface area contributed by atoms with Crippen LogP contribution in [0.15, 0.2) is 45.3 Å². The molecule has 0 saturated carbocycles. The van der Waals surface area contributed by atoms with E-state index < -0.39 is 0 Å². The molecule has 0 radical (unpaired) electrons. The monoisotopic (exact) mass is 385 g/mol. The third-order valence-corrected chi connectivity index (χ3v) is 3.77. The third-order valence-electron chi connectivity index (χ3n) is 2.62. The van der Waals surface area contributed by atoms with Gasteiger partial charge in [-0.05, 0) is 58.7 Å². The van der Waals surface area contributed by atoms with Crippen LogP contribution in [0.1, 0.15) is 15.9 Å². The van der Waals surface area contributed by atoms with Gasteiger partial charge in [-0.3, -0.25) is 4.79 Å². The van der Waals surface area contributed by atoms with Crippen LogP contribution in [-0.4, -0.2) is 5.91 Å². The molecular formula is C14H10Br2FNO. The van der Waals surface area contributed by atoms with E-state index in [2.05, 4.69) is 37.2 Å². The molecule has 1 N–H and O–H groups in total. The van der Waals surface area contributed by atoms with Crippen molar-refractivity contribution in [1.82, 2.24) is 0 Å². The maximum atomic E-state index is 13.2. The number of nitrogens with one attached hydrogen (secondary N) is 1. The predicted octanol–water partition coefficient (Wildman–Crippen LogP) is 4.91. The van der Waals surface area contributed by atoms with Gasteiger partial charge in [0, 0.05) is 14.6 Å². The molecule has 19 heavy (non-hydrogen) atoms. The van der Waals surface area contributed by atoms with Crippen molar-refractivity contribution in [2.24, 2.45) is 0 Å². The summed E-state index contributed by atoms with van der Waals surface area (Å²) in [6, 6.07) is 9.55. The average Bonchev–Trinajstić information content (AvgIpc) is 2.33. The molecule has 2 rings (SSSR count). The minimum Gasteiger partial charge on any atom is -0.322 e. The summed E-state index contributed by atoms with van der Waals surface area (Å²) >= 11 is 6.65. The Morgan fingerprint density at radius 2 is 1.89 bits per heavy atom. The summed E-state index contributed by atoms with van der Waals surface area (Å²) < 4.78 is 14.7. The van der Waals surface area contributed by atoms with Gasteiger partial charge < -0.3 is 5.32 Å². The Bertz CT molecular complexity index is 643. The number of aryl methyl sites for hydroxylation is 1. The van der Waals surface area contributed by atoms with Gasteiger partial charge in [0.05, 0.1) is 5.56 Å². The van der Waals surface area contributed by atoms with E-state index in [1.807, 2.05) is 6.92 Å². The molecule has 2 nitrogen and oxygen atoms in total. The lowest BCUT2D eigenvalue weighted by Gasteiger charge is -2.09. The van der Waals surface area contributed by atoms with Crippen LogP contribution in [0.3, 0.4) is 0 Å². The molecule has 2 aromatic carbocycles. The highest BCUT2D eigenvalue weighted by Gasteiger charge is 2.12. The van der Waals surface area contributed by atoms with Gasteiger partial charge in [-0.25, -0.2) is 4.39 Å². The first-order chi connectivity index (χ1) is 8.97. The van der Waals surface area contributed by atoms with Crippen LogP contribution in [0.4, 0.5) is 10.1 Å². The first kappa shape index (κ1) is 14.2. The highest BCUT2D eigenvalue weighted by atomic mass is 79.9. The Labute approximate surface area is 127 Å². The Morgan fingerprint density at radius 3 is 2.58 bits per heavy atom. The van der Waals surface area contributed by atoms with Crippen LogP contribution in [-0.2, 0) is 0 Å². The standard InChI is InChI=1S/C14H10Br2FNO/c1-8-2-4-10(17)7-13(8)18-14(19)11-5-3-9(15)6-12(11)16/h2-7H,1H3,(H,18,19). The lowest BCUT2D eigenvalue weighted by Crippen LogP contribution is -2.13. The maximum absolute atomic E-state index is 13.2. The minimum absolute atomic E-state index is 0.284. The fraction of sp³-hybridized carbons (Fsp3) is 0.0714. The van der Waals surface area contributed by atoms with Crippen molar-refractivity contribution in [2.45, 2.75) is 6.92 Å². The van der Waals surface area contributed by atoms with E-state index in [-0.39, 0.29) is 11.7 Å². The fourth-order valence-corrected chi connectivity index (χ4v) is 2.82. The van der Waals surface area contributed by atoms with Crippen molar-refractivity contribution in [3.63, 3.8) is 0 Å². The third kappa shape index (κ3) is 3.42. The summed E-state index contributed by atoms with van der Waals surface area (Å²) in [5.74, 6) is -0.663. The largest absolute Gasteiger partial charge is 0.322 e. The number of carbonyl (C=O) groups excluding carboxylic acids is 1. The summed E-state index contributed by atoms with van der Waals surface area (Å²) in [6.45, 7) is 1.81. The summed E-state index contributed by atoms with van der Waals surface area (Å²) in [7, 11) is 0. The second kappa shape index (κ2) is 5.84. The zero-order valence-corrected chi connectivity index (χ0v) is 13.2. The van der Waals surface area contributed by atoms with Crippen LogP contribution >= 0.6 is 31.9 Å². The Hall–Kier alpha value is -1.20. The van der Waals surface area contributed by atoms with Crippen LogP contribution in [0.2, 0.25) is 0 Å². The number of anilines is 1. The maximum Gasteiger partial charge on any atom is 0.256 e. The van der Waals surface area contributed by atoms with Crippen molar-refractivity contribution in [2.75, 3.05) is 5.32 Å². The minimum atomic E-state index is -0.379. The van der Waals surface area contributed by atoms with Crippen molar-refractivity contribution in [3.8, 4) is 0 Å². The molecule has 0 spiro atoms.